The number of carbonyl (C=O) groups excluding carboxylic acids is 2. The molecule has 1 aromatic rings. The SMILES string of the molecule is COC(=O)/C=C1\c2cc(C)ccc2C(=O)N1OC. The van der Waals surface area contributed by atoms with Gasteiger partial charge in [0.1, 0.15) is 0 Å². The van der Waals surface area contributed by atoms with Gasteiger partial charge >= 0.3 is 5.97 Å². The maximum absolute atomic E-state index is 12.0. The lowest BCUT2D eigenvalue weighted by Gasteiger charge is -2.13. The van der Waals surface area contributed by atoms with Crippen molar-refractivity contribution in [2.75, 3.05) is 14.2 Å². The van der Waals surface area contributed by atoms with Gasteiger partial charge in [-0.3, -0.25) is 9.63 Å². The van der Waals surface area contributed by atoms with Crippen LogP contribution in [-0.4, -0.2) is 31.2 Å². The molecule has 0 spiro atoms. The van der Waals surface area contributed by atoms with Crippen LogP contribution in [0.2, 0.25) is 0 Å². The van der Waals surface area contributed by atoms with E-state index in [0.717, 1.165) is 10.6 Å². The lowest BCUT2D eigenvalue weighted by molar-refractivity contribution is -0.135. The molecule has 0 N–H and O–H groups in total. The molecule has 0 bridgehead atoms. The van der Waals surface area contributed by atoms with E-state index in [1.54, 1.807) is 6.07 Å². The molecular formula is C13H13NO4. The first-order valence-corrected chi connectivity index (χ1v) is 5.37. The van der Waals surface area contributed by atoms with Gasteiger partial charge in [-0.2, -0.15) is 5.06 Å². The molecule has 0 aromatic heterocycles. The smallest absolute Gasteiger partial charge is 0.332 e. The Bertz CT molecular complexity index is 548. The maximum atomic E-state index is 12.0. The predicted octanol–water partition coefficient (Wildman–Crippen LogP) is 1.53. The van der Waals surface area contributed by atoms with Crippen LogP contribution in [0.3, 0.4) is 0 Å². The molecule has 0 atom stereocenters. The topological polar surface area (TPSA) is 55.8 Å². The highest BCUT2D eigenvalue weighted by Crippen LogP contribution is 2.33. The third-order valence-corrected chi connectivity index (χ3v) is 2.72. The zero-order valence-corrected chi connectivity index (χ0v) is 10.4. The van der Waals surface area contributed by atoms with Crippen LogP contribution < -0.4 is 0 Å². The van der Waals surface area contributed by atoms with Crippen molar-refractivity contribution in [2.24, 2.45) is 0 Å². The minimum absolute atomic E-state index is 0.289. The number of carbonyl (C=O) groups is 2. The summed E-state index contributed by atoms with van der Waals surface area (Å²) in [5.74, 6) is -0.822. The number of hydroxylamine groups is 2. The fraction of sp³-hybridized carbons (Fsp3) is 0.231. The van der Waals surface area contributed by atoms with E-state index in [1.165, 1.54) is 20.3 Å². The molecule has 5 heteroatoms. The fourth-order valence-corrected chi connectivity index (χ4v) is 1.87. The monoisotopic (exact) mass is 247 g/mol. The first-order chi connectivity index (χ1) is 8.58. The molecule has 0 unspecified atom stereocenters. The summed E-state index contributed by atoms with van der Waals surface area (Å²) in [7, 11) is 2.66. The number of amides is 1. The molecule has 1 aliphatic heterocycles. The second kappa shape index (κ2) is 4.62. The lowest BCUT2D eigenvalue weighted by Crippen LogP contribution is -2.22. The lowest BCUT2D eigenvalue weighted by atomic mass is 10.0. The Kier molecular flexibility index (Phi) is 3.16. The highest BCUT2D eigenvalue weighted by Gasteiger charge is 2.33. The van der Waals surface area contributed by atoms with Gasteiger partial charge in [0.15, 0.2) is 0 Å². The van der Waals surface area contributed by atoms with Gasteiger partial charge in [-0.05, 0) is 19.1 Å². The van der Waals surface area contributed by atoms with Gasteiger partial charge in [-0.25, -0.2) is 4.79 Å². The van der Waals surface area contributed by atoms with Gasteiger partial charge < -0.3 is 4.74 Å². The van der Waals surface area contributed by atoms with E-state index in [1.807, 2.05) is 19.1 Å². The zero-order chi connectivity index (χ0) is 13.3. The summed E-state index contributed by atoms with van der Waals surface area (Å²) in [6, 6.07) is 5.39. The number of ether oxygens (including phenoxy) is 1. The average Bonchev–Trinajstić information content (AvgIpc) is 2.61. The van der Waals surface area contributed by atoms with Gasteiger partial charge in [0.25, 0.3) is 5.91 Å². The largest absolute Gasteiger partial charge is 0.466 e. The number of nitrogens with zero attached hydrogens (tertiary/aromatic N) is 1. The van der Waals surface area contributed by atoms with Crippen molar-refractivity contribution in [3.8, 4) is 0 Å². The van der Waals surface area contributed by atoms with E-state index >= 15 is 0 Å². The standard InChI is InChI=1S/C13H13NO4/c1-8-4-5-9-10(6-8)11(7-12(15)17-2)14(18-3)13(9)16/h4-7H,1-3H3/b11-7+. The van der Waals surface area contributed by atoms with Crippen LogP contribution in [-0.2, 0) is 14.4 Å². The predicted molar refractivity (Wildman–Crippen MR) is 64.4 cm³/mol. The van der Waals surface area contributed by atoms with Crippen LogP contribution in [0.4, 0.5) is 0 Å². The Morgan fingerprint density at radius 2 is 2.00 bits per heavy atom. The summed E-state index contributed by atoms with van der Waals surface area (Å²) in [6.45, 7) is 1.91. The van der Waals surface area contributed by atoms with Gasteiger partial charge in [0.05, 0.1) is 31.6 Å². The zero-order valence-electron chi connectivity index (χ0n) is 10.4. The number of benzene rings is 1. The highest BCUT2D eigenvalue weighted by molar-refractivity contribution is 6.10. The van der Waals surface area contributed by atoms with Crippen molar-refractivity contribution in [3.63, 3.8) is 0 Å². The molecule has 0 saturated heterocycles. The van der Waals surface area contributed by atoms with E-state index in [9.17, 15) is 9.59 Å². The number of rotatable bonds is 2. The summed E-state index contributed by atoms with van der Waals surface area (Å²) in [6.07, 6.45) is 1.24. The number of hydrogen-bond donors (Lipinski definition) is 0. The van der Waals surface area contributed by atoms with Gasteiger partial charge in [-0.15, -0.1) is 0 Å². The van der Waals surface area contributed by atoms with Crippen LogP contribution in [0.25, 0.3) is 5.70 Å². The Hall–Kier alpha value is -2.14. The molecule has 94 valence electrons. The molecule has 0 radical (unpaired) electrons. The van der Waals surface area contributed by atoms with Gasteiger partial charge in [-0.1, -0.05) is 11.6 Å². The maximum Gasteiger partial charge on any atom is 0.332 e. The van der Waals surface area contributed by atoms with Crippen molar-refractivity contribution >= 4 is 17.6 Å². The second-order valence-electron chi connectivity index (χ2n) is 3.88. The Labute approximate surface area is 105 Å². The summed E-state index contributed by atoms with van der Waals surface area (Å²) < 4.78 is 4.58. The van der Waals surface area contributed by atoms with Crippen LogP contribution in [0.5, 0.6) is 0 Å². The molecule has 2 rings (SSSR count). The molecule has 1 aromatic carbocycles. The van der Waals surface area contributed by atoms with Crippen molar-refractivity contribution in [1.29, 1.82) is 0 Å². The minimum atomic E-state index is -0.533. The summed E-state index contributed by atoms with van der Waals surface area (Å²) >= 11 is 0. The van der Waals surface area contributed by atoms with Crippen LogP contribution in [0, 0.1) is 6.92 Å². The van der Waals surface area contributed by atoms with Crippen LogP contribution >= 0.6 is 0 Å². The van der Waals surface area contributed by atoms with E-state index in [2.05, 4.69) is 4.74 Å². The van der Waals surface area contributed by atoms with Gasteiger partial charge in [0, 0.05) is 5.56 Å². The quantitative estimate of drug-likeness (QED) is 0.587. The Morgan fingerprint density at radius 1 is 1.28 bits per heavy atom. The molecule has 18 heavy (non-hydrogen) atoms. The third kappa shape index (κ3) is 1.89. The molecule has 5 nitrogen and oxygen atoms in total. The van der Waals surface area contributed by atoms with Crippen molar-refractivity contribution in [1.82, 2.24) is 5.06 Å². The highest BCUT2D eigenvalue weighted by atomic mass is 16.7. The van der Waals surface area contributed by atoms with Crippen molar-refractivity contribution in [2.45, 2.75) is 6.92 Å². The first-order valence-electron chi connectivity index (χ1n) is 5.37. The Morgan fingerprint density at radius 3 is 2.61 bits per heavy atom. The number of methoxy groups -OCH3 is 1. The number of esters is 1. The van der Waals surface area contributed by atoms with Crippen molar-refractivity contribution < 1.29 is 19.2 Å². The molecule has 1 aliphatic rings. The summed E-state index contributed by atoms with van der Waals surface area (Å²) in [4.78, 5) is 28.4. The van der Waals surface area contributed by atoms with E-state index in [0.29, 0.717) is 16.8 Å². The number of hydrogen-bond acceptors (Lipinski definition) is 4. The summed E-state index contributed by atoms with van der Waals surface area (Å²) in [5, 5.41) is 1.08. The minimum Gasteiger partial charge on any atom is -0.466 e. The molecule has 0 aliphatic carbocycles. The van der Waals surface area contributed by atoms with E-state index in [-0.39, 0.29) is 5.91 Å². The molecular weight excluding hydrogens is 234 g/mol. The number of aryl methyl sites for hydroxylation is 1. The molecule has 1 heterocycles. The third-order valence-electron chi connectivity index (χ3n) is 2.72. The van der Waals surface area contributed by atoms with Crippen LogP contribution in [0.15, 0.2) is 24.3 Å². The molecule has 1 amide bonds. The fourth-order valence-electron chi connectivity index (χ4n) is 1.87. The van der Waals surface area contributed by atoms with Crippen molar-refractivity contribution in [3.05, 3.63) is 41.0 Å². The second-order valence-corrected chi connectivity index (χ2v) is 3.88. The normalized spacial score (nSPS) is 16.1. The summed E-state index contributed by atoms with van der Waals surface area (Å²) in [5.41, 5.74) is 2.58. The van der Waals surface area contributed by atoms with Crippen LogP contribution in [0.1, 0.15) is 21.5 Å². The average molecular weight is 247 g/mol. The Balaban J connectivity index is 2.58. The number of fused-ring (bicyclic) bond motifs is 1. The molecule has 0 saturated carbocycles. The van der Waals surface area contributed by atoms with E-state index < -0.39 is 5.97 Å². The first kappa shape index (κ1) is 12.3. The van der Waals surface area contributed by atoms with E-state index in [4.69, 9.17) is 4.84 Å². The molecule has 0 fully saturated rings. The van der Waals surface area contributed by atoms with Gasteiger partial charge in [0.2, 0.25) is 0 Å².